The number of nitro groups is 1. The number of anilines is 1. The predicted molar refractivity (Wildman–Crippen MR) is 112 cm³/mol. The van der Waals surface area contributed by atoms with E-state index in [1.807, 2.05) is 13.8 Å². The predicted octanol–water partition coefficient (Wildman–Crippen LogP) is 3.35. The molecule has 9 nitrogen and oxygen atoms in total. The van der Waals surface area contributed by atoms with Crippen molar-refractivity contribution in [2.24, 2.45) is 0 Å². The van der Waals surface area contributed by atoms with Gasteiger partial charge < -0.3 is 19.7 Å². The first kappa shape index (κ1) is 22.8. The number of nitrogens with zero attached hydrogens (tertiary/aromatic N) is 2. The molecule has 0 atom stereocenters. The molecular formula is C21H25N3O6. The first-order valence-electron chi connectivity index (χ1n) is 9.52. The zero-order valence-corrected chi connectivity index (χ0v) is 17.2. The van der Waals surface area contributed by atoms with Gasteiger partial charge >= 0.3 is 11.7 Å². The number of esters is 1. The minimum absolute atomic E-state index is 0.0698. The Morgan fingerprint density at radius 2 is 1.70 bits per heavy atom. The molecule has 2 aromatic rings. The molecule has 0 fully saturated rings. The lowest BCUT2D eigenvalue weighted by Crippen LogP contribution is -2.27. The van der Waals surface area contributed by atoms with Crippen LogP contribution >= 0.6 is 0 Å². The summed E-state index contributed by atoms with van der Waals surface area (Å²) in [7, 11) is 1.32. The van der Waals surface area contributed by atoms with Crippen molar-refractivity contribution < 1.29 is 24.0 Å². The van der Waals surface area contributed by atoms with E-state index in [0.29, 0.717) is 24.4 Å². The van der Waals surface area contributed by atoms with Crippen LogP contribution in [0, 0.1) is 10.1 Å². The highest BCUT2D eigenvalue weighted by atomic mass is 16.6. The van der Waals surface area contributed by atoms with Crippen molar-refractivity contribution in [3.05, 3.63) is 63.7 Å². The highest BCUT2D eigenvalue weighted by Crippen LogP contribution is 2.27. The molecule has 0 saturated carbocycles. The molecule has 0 bridgehead atoms. The van der Waals surface area contributed by atoms with Crippen molar-refractivity contribution in [3.8, 4) is 5.75 Å². The minimum Gasteiger partial charge on any atom is -0.490 e. The summed E-state index contributed by atoms with van der Waals surface area (Å²) in [5, 5.41) is 13.7. The Morgan fingerprint density at radius 1 is 1.07 bits per heavy atom. The second kappa shape index (κ2) is 10.9. The molecule has 1 N–H and O–H groups in total. The van der Waals surface area contributed by atoms with E-state index < -0.39 is 16.8 Å². The van der Waals surface area contributed by atoms with Gasteiger partial charge in [-0.05, 0) is 49.5 Å². The van der Waals surface area contributed by atoms with E-state index in [-0.39, 0.29) is 17.0 Å². The van der Waals surface area contributed by atoms with Gasteiger partial charge in [0.15, 0.2) is 5.75 Å². The topological polar surface area (TPSA) is 111 Å². The molecule has 0 saturated heterocycles. The van der Waals surface area contributed by atoms with Gasteiger partial charge in [-0.15, -0.1) is 0 Å². The van der Waals surface area contributed by atoms with Gasteiger partial charge in [-0.25, -0.2) is 4.79 Å². The van der Waals surface area contributed by atoms with Gasteiger partial charge in [-0.2, -0.15) is 0 Å². The van der Waals surface area contributed by atoms with Crippen molar-refractivity contribution >= 4 is 23.3 Å². The maximum atomic E-state index is 12.4. The lowest BCUT2D eigenvalue weighted by Gasteiger charge is -2.17. The lowest BCUT2D eigenvalue weighted by atomic mass is 10.1. The maximum absolute atomic E-state index is 12.4. The van der Waals surface area contributed by atoms with Crippen LogP contribution in [0.1, 0.15) is 34.6 Å². The Balaban J connectivity index is 1.98. The highest BCUT2D eigenvalue weighted by molar-refractivity contribution is 6.05. The van der Waals surface area contributed by atoms with Gasteiger partial charge in [0.25, 0.3) is 5.91 Å². The van der Waals surface area contributed by atoms with Crippen LogP contribution in [-0.2, 0) is 4.74 Å². The number of ether oxygens (including phenoxy) is 2. The van der Waals surface area contributed by atoms with Crippen molar-refractivity contribution in [1.29, 1.82) is 0 Å². The van der Waals surface area contributed by atoms with Gasteiger partial charge in [0.05, 0.1) is 17.6 Å². The molecule has 0 aliphatic rings. The van der Waals surface area contributed by atoms with E-state index in [1.54, 1.807) is 24.3 Å². The van der Waals surface area contributed by atoms with Crippen molar-refractivity contribution in [2.45, 2.75) is 13.8 Å². The summed E-state index contributed by atoms with van der Waals surface area (Å²) in [5.74, 6) is -0.887. The van der Waals surface area contributed by atoms with Crippen LogP contribution < -0.4 is 10.1 Å². The molecule has 0 heterocycles. The zero-order valence-electron chi connectivity index (χ0n) is 17.2. The molecule has 1 amide bonds. The largest absolute Gasteiger partial charge is 0.490 e. The number of benzene rings is 2. The van der Waals surface area contributed by atoms with Crippen LogP contribution in [0.2, 0.25) is 0 Å². The van der Waals surface area contributed by atoms with Crippen LogP contribution in [-0.4, -0.2) is 55.1 Å². The smallest absolute Gasteiger partial charge is 0.338 e. The van der Waals surface area contributed by atoms with E-state index in [2.05, 4.69) is 10.2 Å². The number of carbonyl (C=O) groups excluding carboxylic acids is 2. The molecule has 0 aliphatic carbocycles. The summed E-state index contributed by atoms with van der Waals surface area (Å²) in [6.07, 6.45) is 0. The molecule has 0 aromatic heterocycles. The highest BCUT2D eigenvalue weighted by Gasteiger charge is 2.18. The summed E-state index contributed by atoms with van der Waals surface area (Å²) in [6.45, 7) is 6.83. The zero-order chi connectivity index (χ0) is 22.1. The molecule has 0 unspecified atom stereocenters. The molecule has 9 heteroatoms. The number of likely N-dealkylation sites (N-methyl/N-ethyl adjacent to an activating group) is 1. The van der Waals surface area contributed by atoms with Gasteiger partial charge in [0.1, 0.15) is 6.61 Å². The summed E-state index contributed by atoms with van der Waals surface area (Å²) in [5.41, 5.74) is 0.626. The standard InChI is InChI=1S/C21H25N3O6/c1-4-23(5-2)12-13-30-21(26)15-6-9-17(10-7-15)22-20(25)16-8-11-19(29-3)18(14-16)24(27)28/h6-11,14H,4-5,12-13H2,1-3H3,(H,22,25). The van der Waals surface area contributed by atoms with E-state index >= 15 is 0 Å². The average Bonchev–Trinajstić information content (AvgIpc) is 2.76. The van der Waals surface area contributed by atoms with Crippen molar-refractivity contribution in [3.63, 3.8) is 0 Å². The van der Waals surface area contributed by atoms with Gasteiger partial charge in [-0.1, -0.05) is 13.8 Å². The number of amides is 1. The summed E-state index contributed by atoms with van der Waals surface area (Å²) in [6, 6.07) is 10.2. The number of hydrogen-bond acceptors (Lipinski definition) is 7. The molecule has 0 spiro atoms. The SMILES string of the molecule is CCN(CC)CCOC(=O)c1ccc(NC(=O)c2ccc(OC)c([N+](=O)[O-])c2)cc1. The summed E-state index contributed by atoms with van der Waals surface area (Å²) in [4.78, 5) is 37.2. The average molecular weight is 415 g/mol. The molecule has 30 heavy (non-hydrogen) atoms. The Kier molecular flexibility index (Phi) is 8.30. The lowest BCUT2D eigenvalue weighted by molar-refractivity contribution is -0.385. The quantitative estimate of drug-likeness (QED) is 0.360. The minimum atomic E-state index is -0.615. The van der Waals surface area contributed by atoms with Gasteiger partial charge in [0.2, 0.25) is 0 Å². The van der Waals surface area contributed by atoms with E-state index in [1.165, 1.54) is 19.2 Å². The number of methoxy groups -OCH3 is 1. The van der Waals surface area contributed by atoms with E-state index in [9.17, 15) is 19.7 Å². The third-order valence-electron chi connectivity index (χ3n) is 4.55. The molecule has 2 rings (SSSR count). The van der Waals surface area contributed by atoms with Crippen LogP contribution in [0.5, 0.6) is 5.75 Å². The van der Waals surface area contributed by atoms with Crippen molar-refractivity contribution in [2.75, 3.05) is 38.7 Å². The Labute approximate surface area is 174 Å². The van der Waals surface area contributed by atoms with Gasteiger partial charge in [-0.3, -0.25) is 14.9 Å². The van der Waals surface area contributed by atoms with Gasteiger partial charge in [0, 0.05) is 23.9 Å². The number of hydrogen-bond donors (Lipinski definition) is 1. The molecule has 0 radical (unpaired) electrons. The van der Waals surface area contributed by atoms with Crippen LogP contribution in [0.25, 0.3) is 0 Å². The normalized spacial score (nSPS) is 10.5. The molecule has 160 valence electrons. The fourth-order valence-electron chi connectivity index (χ4n) is 2.76. The summed E-state index contributed by atoms with van der Waals surface area (Å²) >= 11 is 0. The Morgan fingerprint density at radius 3 is 2.27 bits per heavy atom. The first-order valence-corrected chi connectivity index (χ1v) is 9.52. The van der Waals surface area contributed by atoms with Crippen LogP contribution in [0.15, 0.2) is 42.5 Å². The molecule has 0 aliphatic heterocycles. The van der Waals surface area contributed by atoms with E-state index in [4.69, 9.17) is 9.47 Å². The second-order valence-corrected chi connectivity index (χ2v) is 6.34. The Hall–Kier alpha value is -3.46. The fourth-order valence-corrected chi connectivity index (χ4v) is 2.76. The monoisotopic (exact) mass is 415 g/mol. The van der Waals surface area contributed by atoms with E-state index in [0.717, 1.165) is 19.2 Å². The number of nitrogens with one attached hydrogen (secondary N) is 1. The fraction of sp³-hybridized carbons (Fsp3) is 0.333. The first-order chi connectivity index (χ1) is 14.4. The second-order valence-electron chi connectivity index (χ2n) is 6.34. The van der Waals surface area contributed by atoms with Crippen LogP contribution in [0.4, 0.5) is 11.4 Å². The molecular weight excluding hydrogens is 390 g/mol. The third-order valence-corrected chi connectivity index (χ3v) is 4.55. The molecule has 2 aromatic carbocycles. The number of carbonyl (C=O) groups is 2. The third kappa shape index (κ3) is 6.02. The summed E-state index contributed by atoms with van der Waals surface area (Å²) < 4.78 is 10.2. The number of nitro benzene ring substituents is 1. The van der Waals surface area contributed by atoms with Crippen molar-refractivity contribution in [1.82, 2.24) is 4.90 Å². The maximum Gasteiger partial charge on any atom is 0.338 e. The Bertz CT molecular complexity index is 894. The number of rotatable bonds is 10. The van der Waals surface area contributed by atoms with Crippen LogP contribution in [0.3, 0.4) is 0 Å².